The van der Waals surface area contributed by atoms with Crippen molar-refractivity contribution in [2.45, 2.75) is 33.4 Å². The summed E-state index contributed by atoms with van der Waals surface area (Å²) in [5, 5.41) is 3.35. The van der Waals surface area contributed by atoms with E-state index in [1.54, 1.807) is 18.4 Å². The number of hydrogen-bond donors (Lipinski definition) is 1. The minimum Gasteiger partial charge on any atom is -0.467 e. The molecule has 0 aliphatic carbocycles. The van der Waals surface area contributed by atoms with Crippen molar-refractivity contribution in [1.82, 2.24) is 5.32 Å². The van der Waals surface area contributed by atoms with E-state index in [9.17, 15) is 4.39 Å². The van der Waals surface area contributed by atoms with Gasteiger partial charge in [-0.2, -0.15) is 0 Å². The van der Waals surface area contributed by atoms with Crippen LogP contribution >= 0.6 is 0 Å². The second kappa shape index (κ2) is 7.84. The fraction of sp³-hybridized carbons (Fsp3) is 0.412. The van der Waals surface area contributed by atoms with Gasteiger partial charge in [-0.15, -0.1) is 0 Å². The highest BCUT2D eigenvalue weighted by molar-refractivity contribution is 5.46. The van der Waals surface area contributed by atoms with Gasteiger partial charge in [0.05, 0.1) is 12.8 Å². The van der Waals surface area contributed by atoms with Crippen LogP contribution in [-0.4, -0.2) is 13.1 Å². The second-order valence-corrected chi connectivity index (χ2v) is 5.09. The minimum absolute atomic E-state index is 0.211. The van der Waals surface area contributed by atoms with Gasteiger partial charge >= 0.3 is 0 Å². The van der Waals surface area contributed by atoms with E-state index in [1.165, 1.54) is 12.1 Å². The highest BCUT2D eigenvalue weighted by Crippen LogP contribution is 2.18. The number of halogens is 1. The van der Waals surface area contributed by atoms with Gasteiger partial charge in [0.15, 0.2) is 0 Å². The van der Waals surface area contributed by atoms with Crippen LogP contribution in [0.2, 0.25) is 0 Å². The molecule has 2 aromatic rings. The summed E-state index contributed by atoms with van der Waals surface area (Å²) in [4.78, 5) is 2.15. The van der Waals surface area contributed by atoms with Crippen LogP contribution in [-0.2, 0) is 13.1 Å². The maximum atomic E-state index is 13.0. The van der Waals surface area contributed by atoms with Crippen LogP contribution in [0.1, 0.15) is 31.6 Å². The number of nitrogens with zero attached hydrogens (tertiary/aromatic N) is 1. The molecule has 3 nitrogen and oxygen atoms in total. The highest BCUT2D eigenvalue weighted by Gasteiger charge is 2.09. The van der Waals surface area contributed by atoms with Crippen molar-refractivity contribution >= 4 is 5.69 Å². The predicted octanol–water partition coefficient (Wildman–Crippen LogP) is 3.94. The molecular weight excluding hydrogens is 267 g/mol. The minimum atomic E-state index is -0.211. The molecule has 1 N–H and O–H groups in total. The Balaban J connectivity index is 1.97. The number of furan rings is 1. The number of rotatable bonds is 8. The van der Waals surface area contributed by atoms with Gasteiger partial charge in [-0.1, -0.05) is 6.92 Å². The number of hydrogen-bond acceptors (Lipinski definition) is 3. The third-order valence-corrected chi connectivity index (χ3v) is 3.38. The van der Waals surface area contributed by atoms with Crippen LogP contribution in [0.3, 0.4) is 0 Å². The molecule has 0 unspecified atom stereocenters. The first-order valence-corrected chi connectivity index (χ1v) is 7.50. The SMILES string of the molecule is CCCNCc1coc(CN(CC)c2ccc(F)cc2)c1. The lowest BCUT2D eigenvalue weighted by Gasteiger charge is -2.21. The van der Waals surface area contributed by atoms with Crippen LogP contribution < -0.4 is 10.2 Å². The van der Waals surface area contributed by atoms with Gasteiger partial charge in [0.25, 0.3) is 0 Å². The Morgan fingerprint density at radius 2 is 1.95 bits per heavy atom. The Kier molecular flexibility index (Phi) is 5.81. The Hall–Kier alpha value is -1.81. The van der Waals surface area contributed by atoms with Crippen LogP contribution in [0, 0.1) is 5.82 Å². The van der Waals surface area contributed by atoms with Crippen molar-refractivity contribution in [3.8, 4) is 0 Å². The lowest BCUT2D eigenvalue weighted by atomic mass is 10.2. The van der Waals surface area contributed by atoms with Gasteiger partial charge in [0.2, 0.25) is 0 Å². The molecule has 1 heterocycles. The van der Waals surface area contributed by atoms with E-state index in [1.807, 2.05) is 0 Å². The summed E-state index contributed by atoms with van der Waals surface area (Å²) < 4.78 is 18.6. The molecule has 21 heavy (non-hydrogen) atoms. The van der Waals surface area contributed by atoms with E-state index in [0.29, 0.717) is 6.54 Å². The van der Waals surface area contributed by atoms with Crippen molar-refractivity contribution in [1.29, 1.82) is 0 Å². The van der Waals surface area contributed by atoms with Crippen molar-refractivity contribution in [2.24, 2.45) is 0 Å². The normalized spacial score (nSPS) is 10.8. The van der Waals surface area contributed by atoms with Gasteiger partial charge < -0.3 is 14.6 Å². The molecule has 0 aliphatic rings. The summed E-state index contributed by atoms with van der Waals surface area (Å²) in [7, 11) is 0. The molecular formula is C17H23FN2O. The highest BCUT2D eigenvalue weighted by atomic mass is 19.1. The van der Waals surface area contributed by atoms with E-state index < -0.39 is 0 Å². The largest absolute Gasteiger partial charge is 0.467 e. The first-order chi connectivity index (χ1) is 10.2. The smallest absolute Gasteiger partial charge is 0.123 e. The summed E-state index contributed by atoms with van der Waals surface area (Å²) in [6.07, 6.45) is 2.93. The van der Waals surface area contributed by atoms with E-state index in [-0.39, 0.29) is 5.82 Å². The molecule has 1 aromatic heterocycles. The first kappa shape index (κ1) is 15.6. The summed E-state index contributed by atoms with van der Waals surface area (Å²) in [6.45, 7) is 7.61. The summed E-state index contributed by atoms with van der Waals surface area (Å²) in [6, 6.07) is 8.65. The zero-order valence-corrected chi connectivity index (χ0v) is 12.7. The zero-order chi connectivity index (χ0) is 15.1. The predicted molar refractivity (Wildman–Crippen MR) is 83.8 cm³/mol. The molecule has 0 spiro atoms. The summed E-state index contributed by atoms with van der Waals surface area (Å²) >= 11 is 0. The van der Waals surface area contributed by atoms with Crippen LogP contribution in [0.5, 0.6) is 0 Å². The van der Waals surface area contributed by atoms with E-state index in [4.69, 9.17) is 4.42 Å². The van der Waals surface area contributed by atoms with Crippen molar-refractivity contribution in [3.05, 3.63) is 53.7 Å². The molecule has 0 fully saturated rings. The lowest BCUT2D eigenvalue weighted by Crippen LogP contribution is -2.21. The molecule has 0 saturated carbocycles. The van der Waals surface area contributed by atoms with Crippen LogP contribution in [0.15, 0.2) is 41.0 Å². The maximum absolute atomic E-state index is 13.0. The Morgan fingerprint density at radius 1 is 1.19 bits per heavy atom. The topological polar surface area (TPSA) is 28.4 Å². The number of anilines is 1. The molecule has 114 valence electrons. The van der Waals surface area contributed by atoms with Gasteiger partial charge in [0.1, 0.15) is 11.6 Å². The standard InChI is InChI=1S/C17H23FN2O/c1-3-9-19-11-14-10-17(21-13-14)12-20(4-2)16-7-5-15(18)6-8-16/h5-8,10,13,19H,3-4,9,11-12H2,1-2H3. The molecule has 0 aliphatic heterocycles. The van der Waals surface area contributed by atoms with E-state index in [2.05, 4.69) is 30.1 Å². The Labute approximate surface area is 125 Å². The quantitative estimate of drug-likeness (QED) is 0.746. The molecule has 0 atom stereocenters. The Bertz CT molecular complexity index is 536. The molecule has 1 aromatic carbocycles. The molecule has 0 radical (unpaired) electrons. The molecule has 2 rings (SSSR count). The third kappa shape index (κ3) is 4.60. The maximum Gasteiger partial charge on any atom is 0.123 e. The lowest BCUT2D eigenvalue weighted by molar-refractivity contribution is 0.500. The third-order valence-electron chi connectivity index (χ3n) is 3.38. The monoisotopic (exact) mass is 290 g/mol. The van der Waals surface area contributed by atoms with Gasteiger partial charge in [0, 0.05) is 24.3 Å². The number of nitrogens with one attached hydrogen (secondary N) is 1. The molecule has 0 amide bonds. The second-order valence-electron chi connectivity index (χ2n) is 5.09. The fourth-order valence-corrected chi connectivity index (χ4v) is 2.24. The zero-order valence-electron chi connectivity index (χ0n) is 12.7. The molecule has 0 bridgehead atoms. The van der Waals surface area contributed by atoms with Gasteiger partial charge in [-0.25, -0.2) is 4.39 Å². The van der Waals surface area contributed by atoms with Crippen LogP contribution in [0.4, 0.5) is 10.1 Å². The van der Waals surface area contributed by atoms with Crippen molar-refractivity contribution in [3.63, 3.8) is 0 Å². The van der Waals surface area contributed by atoms with Gasteiger partial charge in [-0.3, -0.25) is 0 Å². The fourth-order valence-electron chi connectivity index (χ4n) is 2.24. The van der Waals surface area contributed by atoms with E-state index in [0.717, 1.165) is 43.1 Å². The Morgan fingerprint density at radius 3 is 2.62 bits per heavy atom. The summed E-state index contributed by atoms with van der Waals surface area (Å²) in [5.74, 6) is 0.714. The number of benzene rings is 1. The summed E-state index contributed by atoms with van der Waals surface area (Å²) in [5.41, 5.74) is 2.16. The van der Waals surface area contributed by atoms with Crippen molar-refractivity contribution < 1.29 is 8.81 Å². The first-order valence-electron chi connectivity index (χ1n) is 7.50. The average Bonchev–Trinajstić information content (AvgIpc) is 2.94. The van der Waals surface area contributed by atoms with Crippen molar-refractivity contribution in [2.75, 3.05) is 18.0 Å². The van der Waals surface area contributed by atoms with Gasteiger partial charge in [-0.05, 0) is 50.2 Å². The van der Waals surface area contributed by atoms with E-state index >= 15 is 0 Å². The molecule has 4 heteroatoms. The van der Waals surface area contributed by atoms with Crippen LogP contribution in [0.25, 0.3) is 0 Å². The molecule has 0 saturated heterocycles. The average molecular weight is 290 g/mol.